The zero-order chi connectivity index (χ0) is 14.0. The predicted molar refractivity (Wildman–Crippen MR) is 63.5 cm³/mol. The Morgan fingerprint density at radius 1 is 1.16 bits per heavy atom. The van der Waals surface area contributed by atoms with Crippen LogP contribution in [0.2, 0.25) is 0 Å². The molecule has 0 fully saturated rings. The molecule has 2 aromatic heterocycles. The van der Waals surface area contributed by atoms with Crippen LogP contribution in [0, 0.1) is 5.41 Å². The van der Waals surface area contributed by atoms with E-state index in [0.29, 0.717) is 0 Å². The first-order valence-electron chi connectivity index (χ1n) is 5.22. The Morgan fingerprint density at radius 2 is 1.89 bits per heavy atom. The summed E-state index contributed by atoms with van der Waals surface area (Å²) in [5.74, 6) is -0.247. The van der Waals surface area contributed by atoms with Crippen LogP contribution in [0.1, 0.15) is 11.3 Å². The summed E-state index contributed by atoms with van der Waals surface area (Å²) in [7, 11) is 0. The number of amidine groups is 1. The predicted octanol–water partition coefficient (Wildman–Crippen LogP) is 2.45. The molecule has 2 heterocycles. The lowest BCUT2D eigenvalue weighted by Crippen LogP contribution is -2.13. The number of hydrogen-bond acceptors (Lipinski definition) is 3. The van der Waals surface area contributed by atoms with Crippen molar-refractivity contribution in [2.75, 3.05) is 0 Å². The maximum atomic E-state index is 12.8. The topological polar surface area (TPSA) is 75.7 Å². The van der Waals surface area contributed by atoms with Crippen LogP contribution in [0.5, 0.6) is 0 Å². The molecule has 3 N–H and O–H groups in total. The molecule has 7 heteroatoms. The SMILES string of the molecule is N=C(N)c1ccc(-c2ncccc2C(F)(F)F)cn1. The molecule has 0 saturated heterocycles. The van der Waals surface area contributed by atoms with Gasteiger partial charge in [-0.2, -0.15) is 13.2 Å². The Bertz CT molecular complexity index is 605. The van der Waals surface area contributed by atoms with Crippen molar-refractivity contribution in [3.8, 4) is 11.3 Å². The van der Waals surface area contributed by atoms with Gasteiger partial charge in [-0.05, 0) is 24.3 Å². The molecule has 0 aromatic carbocycles. The molecule has 2 rings (SSSR count). The van der Waals surface area contributed by atoms with Gasteiger partial charge in [0, 0.05) is 18.0 Å². The first kappa shape index (κ1) is 13.0. The van der Waals surface area contributed by atoms with Crippen molar-refractivity contribution in [1.82, 2.24) is 9.97 Å². The smallest absolute Gasteiger partial charge is 0.382 e. The van der Waals surface area contributed by atoms with E-state index in [4.69, 9.17) is 11.1 Å². The van der Waals surface area contributed by atoms with Gasteiger partial charge in [0.05, 0.1) is 11.3 Å². The molecule has 0 aliphatic rings. The molecular weight excluding hydrogens is 257 g/mol. The maximum absolute atomic E-state index is 12.8. The quantitative estimate of drug-likeness (QED) is 0.647. The van der Waals surface area contributed by atoms with Gasteiger partial charge in [-0.15, -0.1) is 0 Å². The number of hydrogen-bond donors (Lipinski definition) is 2. The standard InChI is InChI=1S/C12H9F3N4/c13-12(14,15)8-2-1-5-18-10(8)7-3-4-9(11(16)17)19-6-7/h1-6H,(H3,16,17). The van der Waals surface area contributed by atoms with Gasteiger partial charge in [-0.1, -0.05) is 0 Å². The Labute approximate surface area is 106 Å². The van der Waals surface area contributed by atoms with Gasteiger partial charge < -0.3 is 5.73 Å². The lowest BCUT2D eigenvalue weighted by Gasteiger charge is -2.11. The van der Waals surface area contributed by atoms with Gasteiger partial charge in [0.25, 0.3) is 0 Å². The highest BCUT2D eigenvalue weighted by molar-refractivity contribution is 5.93. The molecule has 2 aromatic rings. The normalized spacial score (nSPS) is 11.3. The third-order valence-corrected chi connectivity index (χ3v) is 2.43. The molecule has 0 aliphatic heterocycles. The number of rotatable bonds is 2. The highest BCUT2D eigenvalue weighted by Crippen LogP contribution is 2.35. The van der Waals surface area contributed by atoms with Crippen LogP contribution in [0.25, 0.3) is 11.3 Å². The van der Waals surface area contributed by atoms with Crippen LogP contribution in [0.3, 0.4) is 0 Å². The maximum Gasteiger partial charge on any atom is 0.418 e. The molecule has 0 aliphatic carbocycles. The number of nitrogen functional groups attached to an aromatic ring is 1. The summed E-state index contributed by atoms with van der Waals surface area (Å²) >= 11 is 0. The number of nitrogens with two attached hydrogens (primary N) is 1. The van der Waals surface area contributed by atoms with Crippen molar-refractivity contribution in [2.45, 2.75) is 6.18 Å². The number of aromatic nitrogens is 2. The third kappa shape index (κ3) is 2.70. The van der Waals surface area contributed by atoms with Gasteiger partial charge in [0.2, 0.25) is 0 Å². The van der Waals surface area contributed by atoms with Gasteiger partial charge in [-0.25, -0.2) is 0 Å². The summed E-state index contributed by atoms with van der Waals surface area (Å²) < 4.78 is 38.5. The van der Waals surface area contributed by atoms with E-state index in [1.54, 1.807) is 0 Å². The highest BCUT2D eigenvalue weighted by Gasteiger charge is 2.34. The second-order valence-corrected chi connectivity index (χ2v) is 3.74. The van der Waals surface area contributed by atoms with Gasteiger partial charge in [-0.3, -0.25) is 15.4 Å². The Morgan fingerprint density at radius 3 is 2.42 bits per heavy atom. The highest BCUT2D eigenvalue weighted by atomic mass is 19.4. The van der Waals surface area contributed by atoms with Crippen molar-refractivity contribution in [3.63, 3.8) is 0 Å². The van der Waals surface area contributed by atoms with Crippen LogP contribution in [0.4, 0.5) is 13.2 Å². The Hall–Kier alpha value is -2.44. The number of halogens is 3. The van der Waals surface area contributed by atoms with Crippen molar-refractivity contribution >= 4 is 5.84 Å². The van der Waals surface area contributed by atoms with E-state index in [9.17, 15) is 13.2 Å². The summed E-state index contributed by atoms with van der Waals surface area (Å²) in [5, 5.41) is 7.17. The number of nitrogens with one attached hydrogen (secondary N) is 1. The fourth-order valence-corrected chi connectivity index (χ4v) is 1.56. The van der Waals surface area contributed by atoms with E-state index < -0.39 is 11.7 Å². The minimum atomic E-state index is -4.48. The van der Waals surface area contributed by atoms with Crippen molar-refractivity contribution in [3.05, 3.63) is 47.9 Å². The molecular formula is C12H9F3N4. The Balaban J connectivity index is 2.50. The minimum Gasteiger partial charge on any atom is -0.382 e. The lowest BCUT2D eigenvalue weighted by atomic mass is 10.1. The van der Waals surface area contributed by atoms with E-state index in [0.717, 1.165) is 6.07 Å². The second-order valence-electron chi connectivity index (χ2n) is 3.74. The van der Waals surface area contributed by atoms with Crippen LogP contribution in [-0.4, -0.2) is 15.8 Å². The molecule has 0 amide bonds. The number of nitrogens with zero attached hydrogens (tertiary/aromatic N) is 2. The van der Waals surface area contributed by atoms with E-state index in [-0.39, 0.29) is 22.8 Å². The average Bonchev–Trinajstić information content (AvgIpc) is 2.38. The van der Waals surface area contributed by atoms with Gasteiger partial charge in [0.1, 0.15) is 11.5 Å². The van der Waals surface area contributed by atoms with E-state index in [2.05, 4.69) is 9.97 Å². The first-order valence-corrected chi connectivity index (χ1v) is 5.22. The lowest BCUT2D eigenvalue weighted by molar-refractivity contribution is -0.137. The van der Waals surface area contributed by atoms with Crippen LogP contribution in [-0.2, 0) is 6.18 Å². The summed E-state index contributed by atoms with van der Waals surface area (Å²) in [6.45, 7) is 0. The monoisotopic (exact) mass is 266 g/mol. The molecule has 0 unspecified atom stereocenters. The molecule has 0 spiro atoms. The summed E-state index contributed by atoms with van der Waals surface area (Å²) in [5.41, 5.74) is 4.63. The molecule has 98 valence electrons. The number of alkyl halides is 3. The van der Waals surface area contributed by atoms with Crippen LogP contribution < -0.4 is 5.73 Å². The zero-order valence-corrected chi connectivity index (χ0v) is 9.57. The first-order chi connectivity index (χ1) is 8.89. The van der Waals surface area contributed by atoms with Crippen molar-refractivity contribution < 1.29 is 13.2 Å². The fraction of sp³-hybridized carbons (Fsp3) is 0.0833. The van der Waals surface area contributed by atoms with E-state index >= 15 is 0 Å². The van der Waals surface area contributed by atoms with Gasteiger partial charge >= 0.3 is 6.18 Å². The largest absolute Gasteiger partial charge is 0.418 e. The van der Waals surface area contributed by atoms with E-state index in [1.807, 2.05) is 0 Å². The van der Waals surface area contributed by atoms with Gasteiger partial charge in [0.15, 0.2) is 0 Å². The molecule has 0 atom stereocenters. The molecule has 4 nitrogen and oxygen atoms in total. The minimum absolute atomic E-state index is 0.197. The average molecular weight is 266 g/mol. The summed E-state index contributed by atoms with van der Waals surface area (Å²) in [6.07, 6.45) is -1.99. The van der Waals surface area contributed by atoms with Crippen LogP contribution in [0.15, 0.2) is 36.7 Å². The molecule has 19 heavy (non-hydrogen) atoms. The van der Waals surface area contributed by atoms with Crippen molar-refractivity contribution in [1.29, 1.82) is 5.41 Å². The van der Waals surface area contributed by atoms with Crippen LogP contribution >= 0.6 is 0 Å². The summed E-state index contributed by atoms with van der Waals surface area (Å²) in [6, 6.07) is 4.97. The Kier molecular flexibility index (Phi) is 3.20. The van der Waals surface area contributed by atoms with E-state index in [1.165, 1.54) is 30.6 Å². The molecule has 0 saturated carbocycles. The third-order valence-electron chi connectivity index (χ3n) is 2.43. The zero-order valence-electron chi connectivity index (χ0n) is 9.57. The second kappa shape index (κ2) is 4.68. The fourth-order valence-electron chi connectivity index (χ4n) is 1.56. The van der Waals surface area contributed by atoms with Crippen molar-refractivity contribution in [2.24, 2.45) is 5.73 Å². The number of pyridine rings is 2. The molecule has 0 radical (unpaired) electrons. The summed E-state index contributed by atoms with van der Waals surface area (Å²) in [4.78, 5) is 7.57. The molecule has 0 bridgehead atoms.